The molecule has 2 fully saturated rings. The summed E-state index contributed by atoms with van der Waals surface area (Å²) in [6.07, 6.45) is 7.93. The number of likely N-dealkylation sites (tertiary alicyclic amines) is 1. The largest absolute Gasteiger partial charge is 0.478 e. The molecule has 48 heavy (non-hydrogen) atoms. The topological polar surface area (TPSA) is 134 Å². The van der Waals surface area contributed by atoms with Crippen LogP contribution in [0, 0.1) is 5.41 Å². The predicted molar refractivity (Wildman–Crippen MR) is 182 cm³/mol. The molecule has 0 spiro atoms. The van der Waals surface area contributed by atoms with Crippen LogP contribution >= 0.6 is 0 Å². The normalized spacial score (nSPS) is 20.4. The lowest BCUT2D eigenvalue weighted by Gasteiger charge is -2.29. The first-order valence-corrected chi connectivity index (χ1v) is 16.5. The van der Waals surface area contributed by atoms with Gasteiger partial charge in [0.1, 0.15) is 12.0 Å². The molecule has 1 saturated carbocycles. The molecule has 2 N–H and O–H groups in total. The zero-order valence-electron chi connectivity index (χ0n) is 27.0. The van der Waals surface area contributed by atoms with Crippen LogP contribution < -0.4 is 10.1 Å². The van der Waals surface area contributed by atoms with Gasteiger partial charge in [0.15, 0.2) is 5.82 Å². The molecule has 1 aliphatic carbocycles. The molecule has 2 amide bonds. The van der Waals surface area contributed by atoms with Gasteiger partial charge in [0, 0.05) is 67.2 Å². The van der Waals surface area contributed by atoms with E-state index in [4.69, 9.17) is 4.74 Å². The molecule has 3 aromatic heterocycles. The number of aromatic amines is 1. The van der Waals surface area contributed by atoms with Crippen molar-refractivity contribution in [2.24, 2.45) is 12.5 Å². The van der Waals surface area contributed by atoms with E-state index >= 15 is 0 Å². The molecule has 5 heterocycles. The molecule has 2 aromatic carbocycles. The van der Waals surface area contributed by atoms with Gasteiger partial charge in [0.05, 0.1) is 24.1 Å². The van der Waals surface area contributed by atoms with Gasteiger partial charge in [0.25, 0.3) is 0 Å². The molecule has 2 aliphatic heterocycles. The molecule has 1 unspecified atom stereocenters. The summed E-state index contributed by atoms with van der Waals surface area (Å²) in [4.78, 5) is 39.8. The number of rotatable bonds is 9. The van der Waals surface area contributed by atoms with Crippen molar-refractivity contribution >= 4 is 34.0 Å². The van der Waals surface area contributed by atoms with Gasteiger partial charge in [-0.1, -0.05) is 30.3 Å². The molecular formula is C36H37N9O3. The first-order valence-electron chi connectivity index (χ1n) is 16.5. The Morgan fingerprint density at radius 1 is 1.04 bits per heavy atom. The Hall–Kier alpha value is -5.36. The lowest BCUT2D eigenvalue weighted by Crippen LogP contribution is -2.42. The Balaban J connectivity index is 0.870. The van der Waals surface area contributed by atoms with Crippen LogP contribution in [0.15, 0.2) is 73.2 Å². The lowest BCUT2D eigenvalue weighted by atomic mass is 9.98. The summed E-state index contributed by atoms with van der Waals surface area (Å²) in [6, 6.07) is 17.9. The van der Waals surface area contributed by atoms with Crippen LogP contribution in [0.25, 0.3) is 39.1 Å². The maximum absolute atomic E-state index is 13.6. The molecule has 12 nitrogen and oxygen atoms in total. The summed E-state index contributed by atoms with van der Waals surface area (Å²) < 4.78 is 7.16. The number of benzene rings is 2. The number of nitrogens with one attached hydrogen (secondary N) is 2. The number of ether oxygens (including phenoxy) is 1. The average molecular weight is 644 g/mol. The predicted octanol–water partition coefficient (Wildman–Crippen LogP) is 4.54. The van der Waals surface area contributed by atoms with Crippen molar-refractivity contribution in [1.29, 1.82) is 0 Å². The minimum atomic E-state index is -0.445. The van der Waals surface area contributed by atoms with Crippen molar-refractivity contribution in [2.75, 3.05) is 38.1 Å². The number of carbonyl (C=O) groups is 2. The second-order valence-electron chi connectivity index (χ2n) is 12.8. The summed E-state index contributed by atoms with van der Waals surface area (Å²) in [7, 11) is 1.86. The lowest BCUT2D eigenvalue weighted by molar-refractivity contribution is -0.132. The van der Waals surface area contributed by atoms with Gasteiger partial charge in [-0.2, -0.15) is 10.2 Å². The second kappa shape index (κ2) is 12.0. The number of hydrogen-bond acceptors (Lipinski definition) is 8. The van der Waals surface area contributed by atoms with Crippen LogP contribution in [0.4, 0.5) is 5.69 Å². The van der Waals surface area contributed by atoms with E-state index in [9.17, 15) is 9.59 Å². The van der Waals surface area contributed by atoms with Crippen molar-refractivity contribution in [1.82, 2.24) is 39.7 Å². The SMILES string of the molecule is CCOc1ccc(-c2n[nH]c3ccc(NC(=O)[C@]45CCN(CC(=O)N6CC=C(c7ccc(-c8ncn(C)n8)cc7)CC6)C4C5)cc23)cn1. The maximum atomic E-state index is 13.6. The quantitative estimate of drug-likeness (QED) is 0.239. The molecule has 2 atom stereocenters. The zero-order valence-corrected chi connectivity index (χ0v) is 27.0. The van der Waals surface area contributed by atoms with Crippen molar-refractivity contribution in [3.8, 4) is 28.5 Å². The number of hydrogen-bond donors (Lipinski definition) is 2. The van der Waals surface area contributed by atoms with Crippen molar-refractivity contribution < 1.29 is 14.3 Å². The van der Waals surface area contributed by atoms with E-state index in [1.165, 1.54) is 5.57 Å². The smallest absolute Gasteiger partial charge is 0.237 e. The van der Waals surface area contributed by atoms with Gasteiger partial charge in [-0.3, -0.25) is 24.3 Å². The second-order valence-corrected chi connectivity index (χ2v) is 12.8. The summed E-state index contributed by atoms with van der Waals surface area (Å²) in [5.41, 5.74) is 6.16. The molecule has 12 heteroatoms. The Labute approximate surface area is 277 Å². The molecule has 0 radical (unpaired) electrons. The van der Waals surface area contributed by atoms with E-state index in [2.05, 4.69) is 53.7 Å². The number of H-pyrrole nitrogens is 1. The van der Waals surface area contributed by atoms with Crippen LogP contribution in [-0.4, -0.2) is 90.4 Å². The summed E-state index contributed by atoms with van der Waals surface area (Å²) in [6.45, 7) is 4.83. The average Bonchev–Trinajstić information content (AvgIpc) is 3.35. The fourth-order valence-corrected chi connectivity index (χ4v) is 7.14. The summed E-state index contributed by atoms with van der Waals surface area (Å²) in [5.74, 6) is 1.41. The molecule has 8 rings (SSSR count). The highest BCUT2D eigenvalue weighted by Gasteiger charge is 2.66. The number of fused-ring (bicyclic) bond motifs is 2. The van der Waals surface area contributed by atoms with E-state index in [0.717, 1.165) is 64.8 Å². The highest BCUT2D eigenvalue weighted by atomic mass is 16.5. The third-order valence-electron chi connectivity index (χ3n) is 9.91. The van der Waals surface area contributed by atoms with Crippen molar-refractivity contribution in [2.45, 2.75) is 32.2 Å². The molecule has 1 saturated heterocycles. The summed E-state index contributed by atoms with van der Waals surface area (Å²) >= 11 is 0. The number of piperidine rings is 1. The first-order chi connectivity index (χ1) is 23.4. The van der Waals surface area contributed by atoms with Gasteiger partial charge in [-0.25, -0.2) is 9.97 Å². The third-order valence-corrected chi connectivity index (χ3v) is 9.91. The molecule has 5 aromatic rings. The van der Waals surface area contributed by atoms with Gasteiger partial charge >= 0.3 is 0 Å². The van der Waals surface area contributed by atoms with E-state index in [0.29, 0.717) is 37.9 Å². The first kappa shape index (κ1) is 30.0. The van der Waals surface area contributed by atoms with Gasteiger partial charge < -0.3 is 15.0 Å². The maximum Gasteiger partial charge on any atom is 0.237 e. The fraction of sp³-hybridized carbons (Fsp3) is 0.333. The number of amides is 2. The Morgan fingerprint density at radius 3 is 2.58 bits per heavy atom. The number of aryl methyl sites for hydroxylation is 1. The monoisotopic (exact) mass is 643 g/mol. The van der Waals surface area contributed by atoms with Crippen LogP contribution in [0.3, 0.4) is 0 Å². The molecule has 244 valence electrons. The van der Waals surface area contributed by atoms with E-state index in [1.807, 2.05) is 61.3 Å². The van der Waals surface area contributed by atoms with Gasteiger partial charge in [-0.05, 0) is 61.6 Å². The van der Waals surface area contributed by atoms with E-state index in [-0.39, 0.29) is 17.9 Å². The van der Waals surface area contributed by atoms with E-state index in [1.54, 1.807) is 17.2 Å². The van der Waals surface area contributed by atoms with Crippen LogP contribution in [0.2, 0.25) is 0 Å². The van der Waals surface area contributed by atoms with Crippen molar-refractivity contribution in [3.05, 3.63) is 78.8 Å². The van der Waals surface area contributed by atoms with Crippen molar-refractivity contribution in [3.63, 3.8) is 0 Å². The number of carbonyl (C=O) groups excluding carboxylic acids is 2. The number of anilines is 1. The Morgan fingerprint density at radius 2 is 1.88 bits per heavy atom. The Bertz CT molecular complexity index is 2030. The third kappa shape index (κ3) is 5.51. The van der Waals surface area contributed by atoms with Gasteiger partial charge in [0.2, 0.25) is 17.7 Å². The summed E-state index contributed by atoms with van der Waals surface area (Å²) in [5, 5.41) is 16.0. The molecular weight excluding hydrogens is 606 g/mol. The van der Waals surface area contributed by atoms with E-state index < -0.39 is 5.41 Å². The highest BCUT2D eigenvalue weighted by Crippen LogP contribution is 2.57. The molecule has 3 aliphatic rings. The number of pyridine rings is 1. The minimum Gasteiger partial charge on any atom is -0.478 e. The highest BCUT2D eigenvalue weighted by molar-refractivity contribution is 6.02. The minimum absolute atomic E-state index is 0.0185. The molecule has 0 bridgehead atoms. The fourth-order valence-electron chi connectivity index (χ4n) is 7.14. The standard InChI is InChI=1S/C36H37N9O3/c1-3-48-31-11-8-26(20-37-31)33-28-18-27(9-10-29(28)40-41-33)39-35(47)36-14-17-45(30(36)19-36)21-32(46)44-15-12-24(13-16-44)23-4-6-25(7-5-23)34-38-22-43(2)42-34/h4-12,18,20,22,30H,3,13-17,19,21H2,1-2H3,(H,39,47)(H,40,41)/t30?,36-/m0/s1. The Kier molecular flexibility index (Phi) is 7.51. The number of aromatic nitrogens is 6. The van der Waals surface area contributed by atoms with Crippen LogP contribution in [-0.2, 0) is 16.6 Å². The number of nitrogens with zero attached hydrogens (tertiary/aromatic N) is 7. The van der Waals surface area contributed by atoms with Crippen LogP contribution in [0.1, 0.15) is 31.7 Å². The van der Waals surface area contributed by atoms with Crippen LogP contribution in [0.5, 0.6) is 5.88 Å². The zero-order chi connectivity index (χ0) is 32.8. The van der Waals surface area contributed by atoms with Gasteiger partial charge in [-0.15, -0.1) is 0 Å².